The third-order valence-electron chi connectivity index (χ3n) is 2.10. The quantitative estimate of drug-likeness (QED) is 0.789. The molecule has 0 saturated carbocycles. The van der Waals surface area contributed by atoms with Crippen molar-refractivity contribution in [2.24, 2.45) is 0 Å². The standard InChI is InChI=1S/C12H9F2NO3/c1-2-17-12(16)10-6-18-11(15-10)7-3-8(13)5-9(14)4-7/h3-6H,2H2,1H3. The molecule has 0 atom stereocenters. The van der Waals surface area contributed by atoms with Gasteiger partial charge in [-0.1, -0.05) is 0 Å². The first kappa shape index (κ1) is 12.2. The van der Waals surface area contributed by atoms with Crippen LogP contribution in [0.4, 0.5) is 8.78 Å². The number of nitrogens with zero attached hydrogens (tertiary/aromatic N) is 1. The first-order valence-electron chi connectivity index (χ1n) is 5.19. The lowest BCUT2D eigenvalue weighted by Gasteiger charge is -1.97. The number of carbonyl (C=O) groups excluding carboxylic acids is 1. The highest BCUT2D eigenvalue weighted by molar-refractivity contribution is 5.87. The normalized spacial score (nSPS) is 10.4. The Hall–Kier alpha value is -2.24. The largest absolute Gasteiger partial charge is 0.461 e. The van der Waals surface area contributed by atoms with Crippen LogP contribution in [0.5, 0.6) is 0 Å². The Kier molecular flexibility index (Phi) is 3.36. The molecule has 2 aromatic rings. The Labute approximate surface area is 101 Å². The van der Waals surface area contributed by atoms with E-state index in [1.54, 1.807) is 6.92 Å². The zero-order valence-electron chi connectivity index (χ0n) is 9.44. The first-order valence-corrected chi connectivity index (χ1v) is 5.19. The summed E-state index contributed by atoms with van der Waals surface area (Å²) < 4.78 is 35.7. The molecule has 2 rings (SSSR count). The molecule has 0 aliphatic heterocycles. The topological polar surface area (TPSA) is 52.3 Å². The summed E-state index contributed by atoms with van der Waals surface area (Å²) in [5.41, 5.74) is 0.0690. The van der Waals surface area contributed by atoms with Crippen LogP contribution < -0.4 is 0 Å². The minimum atomic E-state index is -0.749. The summed E-state index contributed by atoms with van der Waals surface area (Å²) in [7, 11) is 0. The second kappa shape index (κ2) is 4.95. The molecule has 6 heteroatoms. The van der Waals surface area contributed by atoms with Crippen LogP contribution in [0.25, 0.3) is 11.5 Å². The van der Waals surface area contributed by atoms with E-state index in [4.69, 9.17) is 9.15 Å². The van der Waals surface area contributed by atoms with Gasteiger partial charge in [0.15, 0.2) is 5.69 Å². The van der Waals surface area contributed by atoms with Crippen LogP contribution in [0.2, 0.25) is 0 Å². The Morgan fingerprint density at radius 3 is 2.61 bits per heavy atom. The van der Waals surface area contributed by atoms with Crippen molar-refractivity contribution in [3.8, 4) is 11.5 Å². The number of oxazole rings is 1. The van der Waals surface area contributed by atoms with E-state index in [2.05, 4.69) is 4.98 Å². The van der Waals surface area contributed by atoms with Crippen LogP contribution in [0.1, 0.15) is 17.4 Å². The molecular formula is C12H9F2NO3. The average Bonchev–Trinajstić information content (AvgIpc) is 2.77. The van der Waals surface area contributed by atoms with Gasteiger partial charge in [0.1, 0.15) is 17.9 Å². The summed E-state index contributed by atoms with van der Waals surface area (Å²) >= 11 is 0. The molecule has 1 aromatic carbocycles. The molecule has 18 heavy (non-hydrogen) atoms. The summed E-state index contributed by atoms with van der Waals surface area (Å²) in [5, 5.41) is 0. The Morgan fingerprint density at radius 2 is 2.00 bits per heavy atom. The van der Waals surface area contributed by atoms with Gasteiger partial charge in [-0.05, 0) is 19.1 Å². The molecule has 0 aliphatic carbocycles. The lowest BCUT2D eigenvalue weighted by molar-refractivity contribution is 0.0519. The number of esters is 1. The molecule has 4 nitrogen and oxygen atoms in total. The highest BCUT2D eigenvalue weighted by Crippen LogP contribution is 2.21. The molecule has 0 bridgehead atoms. The first-order chi connectivity index (χ1) is 8.60. The highest BCUT2D eigenvalue weighted by atomic mass is 19.1. The third-order valence-corrected chi connectivity index (χ3v) is 2.10. The van der Waals surface area contributed by atoms with Gasteiger partial charge in [0, 0.05) is 11.6 Å². The smallest absolute Gasteiger partial charge is 0.360 e. The molecule has 0 N–H and O–H groups in total. The van der Waals surface area contributed by atoms with E-state index in [-0.39, 0.29) is 23.8 Å². The predicted octanol–water partition coefficient (Wildman–Crippen LogP) is 2.80. The average molecular weight is 253 g/mol. The second-order valence-electron chi connectivity index (χ2n) is 3.42. The van der Waals surface area contributed by atoms with Gasteiger partial charge >= 0.3 is 5.97 Å². The van der Waals surface area contributed by atoms with Crippen molar-refractivity contribution in [2.75, 3.05) is 6.61 Å². The van der Waals surface area contributed by atoms with Crippen LogP contribution in [0.3, 0.4) is 0 Å². The van der Waals surface area contributed by atoms with Gasteiger partial charge < -0.3 is 9.15 Å². The number of hydrogen-bond acceptors (Lipinski definition) is 4. The van der Waals surface area contributed by atoms with Crippen LogP contribution >= 0.6 is 0 Å². The molecule has 0 unspecified atom stereocenters. The Bertz CT molecular complexity index is 560. The van der Waals surface area contributed by atoms with Crippen molar-refractivity contribution in [1.29, 1.82) is 0 Å². The predicted molar refractivity (Wildman–Crippen MR) is 57.8 cm³/mol. The van der Waals surface area contributed by atoms with E-state index in [0.717, 1.165) is 24.5 Å². The summed E-state index contributed by atoms with van der Waals surface area (Å²) in [4.78, 5) is 15.1. The molecule has 0 saturated heterocycles. The number of carbonyl (C=O) groups is 1. The number of benzene rings is 1. The van der Waals surface area contributed by atoms with Crippen molar-refractivity contribution in [1.82, 2.24) is 4.98 Å². The van der Waals surface area contributed by atoms with Gasteiger partial charge in [-0.15, -0.1) is 0 Å². The van der Waals surface area contributed by atoms with E-state index in [1.165, 1.54) is 0 Å². The minimum absolute atomic E-state index is 0.0449. The van der Waals surface area contributed by atoms with Crippen LogP contribution in [-0.2, 0) is 4.74 Å². The van der Waals surface area contributed by atoms with E-state index in [9.17, 15) is 13.6 Å². The molecule has 0 aliphatic rings. The van der Waals surface area contributed by atoms with Gasteiger partial charge in [-0.3, -0.25) is 0 Å². The van der Waals surface area contributed by atoms with Crippen molar-refractivity contribution < 1.29 is 22.7 Å². The molecule has 1 aromatic heterocycles. The van der Waals surface area contributed by atoms with Crippen LogP contribution in [0, 0.1) is 11.6 Å². The highest BCUT2D eigenvalue weighted by Gasteiger charge is 2.15. The second-order valence-corrected chi connectivity index (χ2v) is 3.42. The summed E-state index contributed by atoms with van der Waals surface area (Å²) in [6.45, 7) is 1.86. The Balaban J connectivity index is 2.32. The Morgan fingerprint density at radius 1 is 1.33 bits per heavy atom. The summed E-state index contributed by atoms with van der Waals surface area (Å²) in [6.07, 6.45) is 1.08. The summed E-state index contributed by atoms with van der Waals surface area (Å²) in [5.74, 6) is -2.19. The molecule has 0 radical (unpaired) electrons. The minimum Gasteiger partial charge on any atom is -0.461 e. The van der Waals surface area contributed by atoms with Crippen molar-refractivity contribution >= 4 is 5.97 Å². The maximum atomic E-state index is 13.0. The summed E-state index contributed by atoms with van der Waals surface area (Å²) in [6, 6.07) is 2.85. The molecule has 0 fully saturated rings. The molecular weight excluding hydrogens is 244 g/mol. The lowest BCUT2D eigenvalue weighted by atomic mass is 10.2. The fraction of sp³-hybridized carbons (Fsp3) is 0.167. The lowest BCUT2D eigenvalue weighted by Crippen LogP contribution is -2.04. The molecule has 0 spiro atoms. The zero-order chi connectivity index (χ0) is 13.1. The number of halogens is 2. The van der Waals surface area contributed by atoms with E-state index < -0.39 is 17.6 Å². The van der Waals surface area contributed by atoms with Crippen LogP contribution in [-0.4, -0.2) is 17.6 Å². The maximum absolute atomic E-state index is 13.0. The van der Waals surface area contributed by atoms with E-state index >= 15 is 0 Å². The number of hydrogen-bond donors (Lipinski definition) is 0. The van der Waals surface area contributed by atoms with Crippen molar-refractivity contribution in [3.63, 3.8) is 0 Å². The molecule has 0 amide bonds. The molecule has 1 heterocycles. The van der Waals surface area contributed by atoms with Crippen molar-refractivity contribution in [2.45, 2.75) is 6.92 Å². The van der Waals surface area contributed by atoms with Gasteiger partial charge in [-0.25, -0.2) is 18.6 Å². The van der Waals surface area contributed by atoms with Crippen molar-refractivity contribution in [3.05, 3.63) is 41.8 Å². The van der Waals surface area contributed by atoms with Crippen LogP contribution in [0.15, 0.2) is 28.9 Å². The fourth-order valence-electron chi connectivity index (χ4n) is 1.38. The molecule has 94 valence electrons. The van der Waals surface area contributed by atoms with Gasteiger partial charge in [-0.2, -0.15) is 0 Å². The van der Waals surface area contributed by atoms with Gasteiger partial charge in [0.2, 0.25) is 5.89 Å². The SMILES string of the molecule is CCOC(=O)c1coc(-c2cc(F)cc(F)c2)n1. The monoisotopic (exact) mass is 253 g/mol. The number of aromatic nitrogens is 1. The van der Waals surface area contributed by atoms with E-state index in [0.29, 0.717) is 0 Å². The van der Waals surface area contributed by atoms with Gasteiger partial charge in [0.05, 0.1) is 6.61 Å². The zero-order valence-corrected chi connectivity index (χ0v) is 9.44. The fourth-order valence-corrected chi connectivity index (χ4v) is 1.38. The number of ether oxygens (including phenoxy) is 1. The number of rotatable bonds is 3. The third kappa shape index (κ3) is 2.53. The van der Waals surface area contributed by atoms with E-state index in [1.807, 2.05) is 0 Å². The van der Waals surface area contributed by atoms with Gasteiger partial charge in [0.25, 0.3) is 0 Å². The maximum Gasteiger partial charge on any atom is 0.360 e.